The van der Waals surface area contributed by atoms with Crippen LogP contribution in [0.15, 0.2) is 30.3 Å². The van der Waals surface area contributed by atoms with Gasteiger partial charge in [0.25, 0.3) is 0 Å². The van der Waals surface area contributed by atoms with Crippen LogP contribution in [0.4, 0.5) is 0 Å². The molecule has 2 rings (SSSR count). The standard InChI is InChI=1S/C14H22N2O2S/c1-16(12-14-8-5-10-15-14)19(17,18)11-9-13-6-3-2-4-7-13/h2-4,6-7,14-15H,5,8-12H2,1H3. The van der Waals surface area contributed by atoms with Crippen LogP contribution in [0, 0.1) is 0 Å². The quantitative estimate of drug-likeness (QED) is 0.854. The fourth-order valence-electron chi connectivity index (χ4n) is 2.38. The van der Waals surface area contributed by atoms with Gasteiger partial charge in [0.1, 0.15) is 0 Å². The van der Waals surface area contributed by atoms with Crippen molar-refractivity contribution in [3.05, 3.63) is 35.9 Å². The maximum Gasteiger partial charge on any atom is 0.214 e. The predicted molar refractivity (Wildman–Crippen MR) is 77.6 cm³/mol. The van der Waals surface area contributed by atoms with E-state index in [-0.39, 0.29) is 5.75 Å². The van der Waals surface area contributed by atoms with Crippen LogP contribution in [0.3, 0.4) is 0 Å². The Balaban J connectivity index is 1.86. The van der Waals surface area contributed by atoms with Crippen molar-refractivity contribution in [3.63, 3.8) is 0 Å². The van der Waals surface area contributed by atoms with Gasteiger partial charge in [-0.05, 0) is 31.4 Å². The summed E-state index contributed by atoms with van der Waals surface area (Å²) in [6.45, 7) is 1.58. The van der Waals surface area contributed by atoms with Gasteiger partial charge in [0, 0.05) is 19.6 Å². The fourth-order valence-corrected chi connectivity index (χ4v) is 3.60. The average Bonchev–Trinajstić information content (AvgIpc) is 2.90. The molecule has 0 bridgehead atoms. The van der Waals surface area contributed by atoms with E-state index in [2.05, 4.69) is 5.32 Å². The van der Waals surface area contributed by atoms with Crippen molar-refractivity contribution >= 4 is 10.0 Å². The van der Waals surface area contributed by atoms with Crippen molar-refractivity contribution < 1.29 is 8.42 Å². The van der Waals surface area contributed by atoms with Crippen LogP contribution < -0.4 is 5.32 Å². The normalized spacial score (nSPS) is 20.0. The number of hydrogen-bond donors (Lipinski definition) is 1. The van der Waals surface area contributed by atoms with E-state index in [1.165, 1.54) is 4.31 Å². The average molecular weight is 282 g/mol. The van der Waals surface area contributed by atoms with E-state index in [9.17, 15) is 8.42 Å². The highest BCUT2D eigenvalue weighted by Crippen LogP contribution is 2.10. The van der Waals surface area contributed by atoms with Gasteiger partial charge in [0.05, 0.1) is 5.75 Å². The van der Waals surface area contributed by atoms with Crippen LogP contribution in [-0.2, 0) is 16.4 Å². The van der Waals surface area contributed by atoms with Gasteiger partial charge in [0.2, 0.25) is 10.0 Å². The Labute approximate surface area is 115 Å². The molecule has 5 heteroatoms. The summed E-state index contributed by atoms with van der Waals surface area (Å²) in [5, 5.41) is 3.33. The van der Waals surface area contributed by atoms with Gasteiger partial charge in [-0.1, -0.05) is 30.3 Å². The summed E-state index contributed by atoms with van der Waals surface area (Å²) in [7, 11) is -1.47. The molecule has 1 fully saturated rings. The molecule has 1 aromatic rings. The molecular weight excluding hydrogens is 260 g/mol. The monoisotopic (exact) mass is 282 g/mol. The largest absolute Gasteiger partial charge is 0.313 e. The van der Waals surface area contributed by atoms with Crippen molar-refractivity contribution in [1.82, 2.24) is 9.62 Å². The van der Waals surface area contributed by atoms with E-state index < -0.39 is 10.0 Å². The Morgan fingerprint density at radius 1 is 1.32 bits per heavy atom. The number of likely N-dealkylation sites (N-methyl/N-ethyl adjacent to an activating group) is 1. The Morgan fingerprint density at radius 3 is 2.68 bits per heavy atom. The van der Waals surface area contributed by atoms with Gasteiger partial charge < -0.3 is 5.32 Å². The van der Waals surface area contributed by atoms with Crippen LogP contribution in [0.2, 0.25) is 0 Å². The second kappa shape index (κ2) is 6.50. The van der Waals surface area contributed by atoms with E-state index in [0.29, 0.717) is 19.0 Å². The van der Waals surface area contributed by atoms with Crippen molar-refractivity contribution in [1.29, 1.82) is 0 Å². The topological polar surface area (TPSA) is 49.4 Å². The minimum absolute atomic E-state index is 0.181. The summed E-state index contributed by atoms with van der Waals surface area (Å²) >= 11 is 0. The van der Waals surface area contributed by atoms with Crippen molar-refractivity contribution in [2.45, 2.75) is 25.3 Å². The van der Waals surface area contributed by atoms with Gasteiger partial charge >= 0.3 is 0 Å². The van der Waals surface area contributed by atoms with E-state index in [1.807, 2.05) is 30.3 Å². The lowest BCUT2D eigenvalue weighted by Crippen LogP contribution is -2.39. The van der Waals surface area contributed by atoms with Crippen LogP contribution in [0.5, 0.6) is 0 Å². The van der Waals surface area contributed by atoms with Crippen molar-refractivity contribution in [2.24, 2.45) is 0 Å². The maximum atomic E-state index is 12.2. The number of rotatable bonds is 6. The third-order valence-electron chi connectivity index (χ3n) is 3.61. The molecule has 1 unspecified atom stereocenters. The molecule has 0 saturated carbocycles. The summed E-state index contributed by atoms with van der Waals surface area (Å²) in [5.41, 5.74) is 1.07. The van der Waals surface area contributed by atoms with Crippen LogP contribution in [-0.4, -0.2) is 44.7 Å². The second-order valence-electron chi connectivity index (χ2n) is 5.13. The van der Waals surface area contributed by atoms with Crippen molar-refractivity contribution in [3.8, 4) is 0 Å². The van der Waals surface area contributed by atoms with Gasteiger partial charge in [-0.3, -0.25) is 0 Å². The molecule has 106 valence electrons. The molecule has 1 aliphatic heterocycles. The Morgan fingerprint density at radius 2 is 2.05 bits per heavy atom. The number of hydrogen-bond acceptors (Lipinski definition) is 3. The van der Waals surface area contributed by atoms with Gasteiger partial charge in [-0.15, -0.1) is 0 Å². The molecule has 0 radical (unpaired) electrons. The van der Waals surface area contributed by atoms with Gasteiger partial charge in [-0.2, -0.15) is 0 Å². The molecule has 1 atom stereocenters. The molecular formula is C14H22N2O2S. The molecule has 0 aromatic heterocycles. The summed E-state index contributed by atoms with van der Waals surface area (Å²) < 4.78 is 25.9. The molecule has 19 heavy (non-hydrogen) atoms. The lowest BCUT2D eigenvalue weighted by Gasteiger charge is -2.21. The smallest absolute Gasteiger partial charge is 0.214 e. The minimum Gasteiger partial charge on any atom is -0.313 e. The van der Waals surface area contributed by atoms with Crippen LogP contribution >= 0.6 is 0 Å². The van der Waals surface area contributed by atoms with Crippen LogP contribution in [0.25, 0.3) is 0 Å². The third-order valence-corrected chi connectivity index (χ3v) is 5.43. The zero-order valence-electron chi connectivity index (χ0n) is 11.4. The van der Waals surface area contributed by atoms with E-state index in [4.69, 9.17) is 0 Å². The highest BCUT2D eigenvalue weighted by molar-refractivity contribution is 7.89. The molecule has 0 spiro atoms. The predicted octanol–water partition coefficient (Wildman–Crippen LogP) is 1.24. The Hall–Kier alpha value is -0.910. The second-order valence-corrected chi connectivity index (χ2v) is 7.32. The van der Waals surface area contributed by atoms with Crippen molar-refractivity contribution in [2.75, 3.05) is 25.9 Å². The molecule has 4 nitrogen and oxygen atoms in total. The highest BCUT2D eigenvalue weighted by atomic mass is 32.2. The van der Waals surface area contributed by atoms with E-state index >= 15 is 0 Å². The lowest BCUT2D eigenvalue weighted by molar-refractivity contribution is 0.417. The first-order valence-electron chi connectivity index (χ1n) is 6.79. The molecule has 1 aliphatic rings. The first-order chi connectivity index (χ1) is 9.08. The molecule has 0 amide bonds. The third kappa shape index (κ3) is 4.30. The van der Waals surface area contributed by atoms with Crippen LogP contribution in [0.1, 0.15) is 18.4 Å². The van der Waals surface area contributed by atoms with Gasteiger partial charge in [-0.25, -0.2) is 12.7 Å². The number of benzene rings is 1. The molecule has 1 aromatic carbocycles. The molecule has 0 aliphatic carbocycles. The maximum absolute atomic E-state index is 12.2. The fraction of sp³-hybridized carbons (Fsp3) is 0.571. The summed E-state index contributed by atoms with van der Waals surface area (Å²) in [4.78, 5) is 0. The first-order valence-corrected chi connectivity index (χ1v) is 8.40. The SMILES string of the molecule is CN(CC1CCCN1)S(=O)(=O)CCc1ccccc1. The van der Waals surface area contributed by atoms with Gasteiger partial charge in [0.15, 0.2) is 0 Å². The Kier molecular flexibility index (Phi) is 4.96. The molecule has 1 N–H and O–H groups in total. The summed E-state index contributed by atoms with van der Waals surface area (Å²) in [5.74, 6) is 0.181. The molecule has 1 heterocycles. The first kappa shape index (κ1) is 14.5. The number of sulfonamides is 1. The zero-order valence-corrected chi connectivity index (χ0v) is 12.2. The van der Waals surface area contributed by atoms with E-state index in [0.717, 1.165) is 24.9 Å². The summed E-state index contributed by atoms with van der Waals surface area (Å²) in [6.07, 6.45) is 2.78. The van der Waals surface area contributed by atoms with E-state index in [1.54, 1.807) is 7.05 Å². The number of nitrogens with one attached hydrogen (secondary N) is 1. The minimum atomic E-state index is -3.15. The Bertz CT molecular complexity index is 481. The zero-order chi connectivity index (χ0) is 13.7. The highest BCUT2D eigenvalue weighted by Gasteiger charge is 2.23. The number of nitrogens with zero attached hydrogens (tertiary/aromatic N) is 1. The lowest BCUT2D eigenvalue weighted by atomic mass is 10.2. The molecule has 1 saturated heterocycles. The summed E-state index contributed by atoms with van der Waals surface area (Å²) in [6, 6.07) is 10.1. The number of aryl methyl sites for hydroxylation is 1.